The highest BCUT2D eigenvalue weighted by molar-refractivity contribution is 6.05. The van der Waals surface area contributed by atoms with Crippen LogP contribution in [0.5, 0.6) is 0 Å². The van der Waals surface area contributed by atoms with Gasteiger partial charge in [-0.3, -0.25) is 4.79 Å². The molecule has 0 aliphatic heterocycles. The van der Waals surface area contributed by atoms with E-state index in [-0.39, 0.29) is 5.78 Å². The quantitative estimate of drug-likeness (QED) is 0.383. The van der Waals surface area contributed by atoms with E-state index in [1.807, 2.05) is 42.3 Å². The van der Waals surface area contributed by atoms with Crippen molar-refractivity contribution in [3.05, 3.63) is 53.9 Å². The van der Waals surface area contributed by atoms with Gasteiger partial charge in [0.15, 0.2) is 11.6 Å². The van der Waals surface area contributed by atoms with Crippen molar-refractivity contribution < 1.29 is 14.7 Å². The first-order valence-corrected chi connectivity index (χ1v) is 12.9. The SMILES string of the molecule is CN(C1=CC(=O)C12CCCCC2)[C@@H](Cc1ccc(Nc2nccc(NCC3CC3)c2N)cc1)C(=O)O. The summed E-state index contributed by atoms with van der Waals surface area (Å²) in [6, 6.07) is 8.82. The van der Waals surface area contributed by atoms with E-state index in [0.29, 0.717) is 17.9 Å². The van der Waals surface area contributed by atoms with Crippen molar-refractivity contribution in [1.82, 2.24) is 9.88 Å². The number of nitrogens with zero attached hydrogens (tertiary/aromatic N) is 2. The number of hydrogen-bond acceptors (Lipinski definition) is 7. The maximum Gasteiger partial charge on any atom is 0.326 e. The lowest BCUT2D eigenvalue weighted by Gasteiger charge is -2.48. The third-order valence-electron chi connectivity index (χ3n) is 7.98. The van der Waals surface area contributed by atoms with Crippen LogP contribution >= 0.6 is 0 Å². The fourth-order valence-corrected chi connectivity index (χ4v) is 5.49. The maximum atomic E-state index is 12.5. The van der Waals surface area contributed by atoms with Gasteiger partial charge in [-0.1, -0.05) is 31.4 Å². The molecule has 2 fully saturated rings. The first kappa shape index (κ1) is 24.2. The number of pyridine rings is 1. The predicted octanol–water partition coefficient (Wildman–Crippen LogP) is 4.57. The minimum Gasteiger partial charge on any atom is -0.480 e. The second kappa shape index (κ2) is 9.84. The molecular weight excluding hydrogens is 454 g/mol. The van der Waals surface area contributed by atoms with Gasteiger partial charge in [-0.05, 0) is 55.4 Å². The summed E-state index contributed by atoms with van der Waals surface area (Å²) in [5, 5.41) is 16.7. The largest absolute Gasteiger partial charge is 0.480 e. The van der Waals surface area contributed by atoms with Crippen molar-refractivity contribution in [2.24, 2.45) is 11.3 Å². The third-order valence-corrected chi connectivity index (χ3v) is 7.98. The van der Waals surface area contributed by atoms with Gasteiger partial charge in [-0.2, -0.15) is 0 Å². The average molecular weight is 490 g/mol. The van der Waals surface area contributed by atoms with Crippen molar-refractivity contribution in [2.45, 2.75) is 57.4 Å². The molecular formula is C28H35N5O3. The topological polar surface area (TPSA) is 121 Å². The smallest absolute Gasteiger partial charge is 0.326 e. The molecule has 3 aliphatic rings. The molecule has 2 saturated carbocycles. The Morgan fingerprint density at radius 3 is 2.56 bits per heavy atom. The number of aromatic nitrogens is 1. The first-order valence-electron chi connectivity index (χ1n) is 12.9. The van der Waals surface area contributed by atoms with Gasteiger partial charge >= 0.3 is 5.97 Å². The Morgan fingerprint density at radius 1 is 1.19 bits per heavy atom. The summed E-state index contributed by atoms with van der Waals surface area (Å²) in [6.45, 7) is 0.924. The number of carbonyl (C=O) groups excluding carboxylic acids is 1. The molecule has 1 aromatic carbocycles. The number of ketones is 1. The van der Waals surface area contributed by atoms with Crippen LogP contribution < -0.4 is 16.4 Å². The van der Waals surface area contributed by atoms with E-state index in [2.05, 4.69) is 15.6 Å². The summed E-state index contributed by atoms with van der Waals surface area (Å²) < 4.78 is 0. The van der Waals surface area contributed by atoms with E-state index in [1.165, 1.54) is 12.8 Å². The molecule has 36 heavy (non-hydrogen) atoms. The van der Waals surface area contributed by atoms with Gasteiger partial charge in [0, 0.05) is 43.7 Å². The molecule has 5 rings (SSSR count). The number of likely N-dealkylation sites (N-methyl/N-ethyl adjacent to an activating group) is 1. The Morgan fingerprint density at radius 2 is 1.92 bits per heavy atom. The van der Waals surface area contributed by atoms with E-state index in [9.17, 15) is 14.7 Å². The predicted molar refractivity (Wildman–Crippen MR) is 141 cm³/mol. The second-order valence-corrected chi connectivity index (χ2v) is 10.5. The maximum absolute atomic E-state index is 12.5. The van der Waals surface area contributed by atoms with Gasteiger partial charge in [-0.25, -0.2) is 9.78 Å². The van der Waals surface area contributed by atoms with Crippen LogP contribution in [0.3, 0.4) is 0 Å². The molecule has 8 heteroatoms. The highest BCUT2D eigenvalue weighted by Gasteiger charge is 2.51. The monoisotopic (exact) mass is 489 g/mol. The van der Waals surface area contributed by atoms with Crippen LogP contribution in [0.15, 0.2) is 48.3 Å². The number of anilines is 4. The van der Waals surface area contributed by atoms with Crippen LogP contribution in [0.4, 0.5) is 22.9 Å². The summed E-state index contributed by atoms with van der Waals surface area (Å²) in [5.41, 5.74) is 9.93. The van der Waals surface area contributed by atoms with Crippen LogP contribution in [-0.4, -0.2) is 46.4 Å². The standard InChI is InChI=1S/C28H35N5O3/c1-33(23-16-24(34)28(23)12-3-2-4-13-28)22(27(35)36)15-18-7-9-20(10-8-18)32-26-25(29)21(11-14-30-26)31-17-19-5-6-19/h7-11,14,16,19,22H,2-6,12-13,15,17,29H2,1H3,(H,35,36)(H2,30,31,32)/t22-/m0/s1. The van der Waals surface area contributed by atoms with E-state index in [0.717, 1.165) is 67.2 Å². The van der Waals surface area contributed by atoms with Gasteiger partial charge in [0.2, 0.25) is 0 Å². The van der Waals surface area contributed by atoms with E-state index >= 15 is 0 Å². The highest BCUT2D eigenvalue weighted by atomic mass is 16.4. The molecule has 3 aliphatic carbocycles. The molecule has 2 aromatic rings. The molecule has 8 nitrogen and oxygen atoms in total. The van der Waals surface area contributed by atoms with Crippen LogP contribution in [0.25, 0.3) is 0 Å². The minimum atomic E-state index is -0.890. The minimum absolute atomic E-state index is 0.156. The van der Waals surface area contributed by atoms with E-state index < -0.39 is 17.4 Å². The average Bonchev–Trinajstić information content (AvgIpc) is 3.72. The summed E-state index contributed by atoms with van der Waals surface area (Å²) in [4.78, 5) is 30.9. The number of carboxylic acids is 1. The molecule has 1 atom stereocenters. The Kier molecular flexibility index (Phi) is 6.60. The van der Waals surface area contributed by atoms with Crippen molar-refractivity contribution in [3.8, 4) is 0 Å². The zero-order valence-electron chi connectivity index (χ0n) is 20.8. The molecule has 0 amide bonds. The van der Waals surface area contributed by atoms with E-state index in [1.54, 1.807) is 12.3 Å². The second-order valence-electron chi connectivity index (χ2n) is 10.5. The van der Waals surface area contributed by atoms with Gasteiger partial charge in [0.25, 0.3) is 0 Å². The zero-order chi connectivity index (χ0) is 25.3. The van der Waals surface area contributed by atoms with Crippen LogP contribution in [0, 0.1) is 11.3 Å². The first-order chi connectivity index (χ1) is 17.4. The lowest BCUT2D eigenvalue weighted by molar-refractivity contribution is -0.143. The van der Waals surface area contributed by atoms with Crippen LogP contribution in [0.1, 0.15) is 50.5 Å². The number of allylic oxidation sites excluding steroid dienone is 2. The Labute approximate surface area is 212 Å². The number of nitrogen functional groups attached to an aromatic ring is 1. The van der Waals surface area contributed by atoms with Crippen molar-refractivity contribution in [3.63, 3.8) is 0 Å². The number of rotatable bonds is 10. The molecule has 0 saturated heterocycles. The number of nitrogens with two attached hydrogens (primary N) is 1. The van der Waals surface area contributed by atoms with E-state index in [4.69, 9.17) is 5.73 Å². The number of aliphatic carboxylic acids is 1. The fraction of sp³-hybridized carbons (Fsp3) is 0.464. The lowest BCUT2D eigenvalue weighted by Crippen LogP contribution is -2.52. The normalized spacial score (nSPS) is 19.2. The summed E-state index contributed by atoms with van der Waals surface area (Å²) >= 11 is 0. The summed E-state index contributed by atoms with van der Waals surface area (Å²) in [5.74, 6) is 0.595. The molecule has 1 heterocycles. The Hall–Kier alpha value is -3.55. The summed E-state index contributed by atoms with van der Waals surface area (Å²) in [7, 11) is 1.81. The number of benzene rings is 1. The number of carbonyl (C=O) groups is 2. The number of nitrogens with one attached hydrogen (secondary N) is 2. The van der Waals surface area contributed by atoms with Gasteiger partial charge in [0.05, 0.1) is 16.8 Å². The van der Waals surface area contributed by atoms with Gasteiger partial charge in [0.1, 0.15) is 6.04 Å². The molecule has 0 radical (unpaired) electrons. The Balaban J connectivity index is 1.25. The van der Waals surface area contributed by atoms with Crippen molar-refractivity contribution in [2.75, 3.05) is 30.0 Å². The Bertz CT molecular complexity index is 1170. The molecule has 0 unspecified atom stereocenters. The van der Waals surface area contributed by atoms with Gasteiger partial charge in [-0.15, -0.1) is 0 Å². The van der Waals surface area contributed by atoms with Crippen molar-refractivity contribution >= 4 is 34.6 Å². The molecule has 0 bridgehead atoms. The molecule has 1 aromatic heterocycles. The molecule has 5 N–H and O–H groups in total. The highest BCUT2D eigenvalue weighted by Crippen LogP contribution is 2.50. The number of carboxylic acid groups (broad SMARTS) is 1. The fourth-order valence-electron chi connectivity index (χ4n) is 5.49. The van der Waals surface area contributed by atoms with Crippen LogP contribution in [0.2, 0.25) is 0 Å². The summed E-state index contributed by atoms with van der Waals surface area (Å²) in [6.07, 6.45) is 11.1. The lowest BCUT2D eigenvalue weighted by atomic mass is 9.62. The molecule has 1 spiro atoms. The molecule has 190 valence electrons. The van der Waals surface area contributed by atoms with Gasteiger partial charge < -0.3 is 26.4 Å². The van der Waals surface area contributed by atoms with Crippen LogP contribution in [-0.2, 0) is 16.0 Å². The van der Waals surface area contributed by atoms with Crippen molar-refractivity contribution in [1.29, 1.82) is 0 Å². The third kappa shape index (κ3) is 4.76. The zero-order valence-corrected chi connectivity index (χ0v) is 20.8. The number of hydrogen-bond donors (Lipinski definition) is 4.